The van der Waals surface area contributed by atoms with Gasteiger partial charge in [0.2, 0.25) is 5.95 Å². The highest BCUT2D eigenvalue weighted by Crippen LogP contribution is 2.14. The minimum Gasteiger partial charge on any atom is -0.350 e. The van der Waals surface area contributed by atoms with Gasteiger partial charge in [0.1, 0.15) is 5.69 Å². The highest BCUT2D eigenvalue weighted by atomic mass is 35.5. The van der Waals surface area contributed by atoms with Crippen LogP contribution in [0.1, 0.15) is 27.2 Å². The van der Waals surface area contributed by atoms with Gasteiger partial charge in [-0.05, 0) is 30.2 Å². The fourth-order valence-corrected chi connectivity index (χ4v) is 2.57. The topological polar surface area (TPSA) is 66.9 Å². The van der Waals surface area contributed by atoms with Gasteiger partial charge in [-0.15, -0.1) is 0 Å². The zero-order valence-corrected chi connectivity index (χ0v) is 15.1. The number of carbonyl (C=O) groups is 1. The Kier molecular flexibility index (Phi) is 5.81. The molecule has 0 aliphatic heterocycles. The van der Waals surface area contributed by atoms with E-state index in [9.17, 15) is 4.79 Å². The van der Waals surface area contributed by atoms with Gasteiger partial charge < -0.3 is 10.6 Å². The molecule has 132 valence electrons. The molecule has 0 radical (unpaired) electrons. The van der Waals surface area contributed by atoms with Crippen molar-refractivity contribution in [2.24, 2.45) is 0 Å². The summed E-state index contributed by atoms with van der Waals surface area (Å²) >= 11 is 6.10. The second kappa shape index (κ2) is 8.45. The molecule has 3 rings (SSSR count). The van der Waals surface area contributed by atoms with Crippen molar-refractivity contribution in [3.05, 3.63) is 88.2 Å². The molecule has 1 heterocycles. The van der Waals surface area contributed by atoms with Gasteiger partial charge >= 0.3 is 0 Å². The molecule has 3 aromatic rings. The summed E-state index contributed by atoms with van der Waals surface area (Å²) in [5.74, 6) is 0.140. The summed E-state index contributed by atoms with van der Waals surface area (Å²) in [4.78, 5) is 20.8. The lowest BCUT2D eigenvalue weighted by molar-refractivity contribution is 0.0946. The number of nitrogens with one attached hydrogen (secondary N) is 2. The van der Waals surface area contributed by atoms with Crippen LogP contribution in [-0.2, 0) is 13.1 Å². The molecule has 1 aromatic heterocycles. The molecule has 0 saturated heterocycles. The Hall–Kier alpha value is -2.92. The van der Waals surface area contributed by atoms with Gasteiger partial charge in [-0.25, -0.2) is 9.97 Å². The van der Waals surface area contributed by atoms with Crippen molar-refractivity contribution < 1.29 is 4.79 Å². The Morgan fingerprint density at radius 1 is 1.04 bits per heavy atom. The number of rotatable bonds is 6. The number of benzene rings is 2. The first-order chi connectivity index (χ1) is 12.6. The molecule has 0 aliphatic carbocycles. The van der Waals surface area contributed by atoms with Crippen molar-refractivity contribution >= 4 is 23.5 Å². The lowest BCUT2D eigenvalue weighted by atomic mass is 10.1. The van der Waals surface area contributed by atoms with E-state index in [2.05, 4.69) is 32.7 Å². The molecule has 26 heavy (non-hydrogen) atoms. The zero-order valence-electron chi connectivity index (χ0n) is 14.4. The Morgan fingerprint density at radius 2 is 1.81 bits per heavy atom. The summed E-state index contributed by atoms with van der Waals surface area (Å²) in [7, 11) is 0. The molecule has 6 heteroatoms. The van der Waals surface area contributed by atoms with Crippen LogP contribution in [0.15, 0.2) is 60.8 Å². The third-order valence-corrected chi connectivity index (χ3v) is 4.23. The van der Waals surface area contributed by atoms with Crippen molar-refractivity contribution in [3.8, 4) is 0 Å². The normalized spacial score (nSPS) is 10.4. The van der Waals surface area contributed by atoms with Crippen molar-refractivity contribution in [1.82, 2.24) is 15.3 Å². The van der Waals surface area contributed by atoms with Crippen LogP contribution in [0.5, 0.6) is 0 Å². The van der Waals surface area contributed by atoms with Crippen LogP contribution in [0, 0.1) is 6.92 Å². The van der Waals surface area contributed by atoms with Crippen molar-refractivity contribution in [2.45, 2.75) is 20.0 Å². The first-order valence-corrected chi connectivity index (χ1v) is 8.64. The van der Waals surface area contributed by atoms with E-state index in [4.69, 9.17) is 11.6 Å². The molecule has 0 bridgehead atoms. The maximum Gasteiger partial charge on any atom is 0.270 e. The van der Waals surface area contributed by atoms with Gasteiger partial charge in [0.25, 0.3) is 5.91 Å². The molecule has 2 N–H and O–H groups in total. The van der Waals surface area contributed by atoms with Crippen LogP contribution in [0.25, 0.3) is 0 Å². The van der Waals surface area contributed by atoms with Crippen LogP contribution in [0.3, 0.4) is 0 Å². The first-order valence-electron chi connectivity index (χ1n) is 8.26. The number of hydrogen-bond donors (Lipinski definition) is 2. The first kappa shape index (κ1) is 17.9. The number of aromatic nitrogens is 2. The standard InChI is InChI=1S/C20H19ClN4O/c1-14-6-8-15(9-7-14)12-24-20-22-11-10-18(25-20)19(26)23-13-16-4-2-3-5-17(16)21/h2-11H,12-13H2,1H3,(H,23,26)(H,22,24,25). The maximum atomic E-state index is 12.3. The van der Waals surface area contributed by atoms with Crippen molar-refractivity contribution in [3.63, 3.8) is 0 Å². The minimum absolute atomic E-state index is 0.272. The fourth-order valence-electron chi connectivity index (χ4n) is 2.37. The number of aryl methyl sites for hydroxylation is 1. The van der Waals surface area contributed by atoms with Crippen LogP contribution >= 0.6 is 11.6 Å². The fraction of sp³-hybridized carbons (Fsp3) is 0.150. The Bertz CT molecular complexity index is 896. The molecule has 0 saturated carbocycles. The Balaban J connectivity index is 1.60. The summed E-state index contributed by atoms with van der Waals surface area (Å²) in [6.45, 7) is 2.98. The highest BCUT2D eigenvalue weighted by molar-refractivity contribution is 6.31. The minimum atomic E-state index is -0.272. The predicted octanol–water partition coefficient (Wildman–Crippen LogP) is 3.98. The van der Waals surface area contributed by atoms with Crippen LogP contribution in [0.4, 0.5) is 5.95 Å². The van der Waals surface area contributed by atoms with E-state index in [1.165, 1.54) is 5.56 Å². The SMILES string of the molecule is Cc1ccc(CNc2nccc(C(=O)NCc3ccccc3Cl)n2)cc1. The molecule has 0 unspecified atom stereocenters. The number of carbonyl (C=O) groups excluding carboxylic acids is 1. The number of amides is 1. The van der Waals surface area contributed by atoms with Gasteiger partial charge in [-0.1, -0.05) is 59.6 Å². The van der Waals surface area contributed by atoms with E-state index < -0.39 is 0 Å². The quantitative estimate of drug-likeness (QED) is 0.692. The lowest BCUT2D eigenvalue weighted by Gasteiger charge is -2.08. The lowest BCUT2D eigenvalue weighted by Crippen LogP contribution is -2.24. The molecular weight excluding hydrogens is 348 g/mol. The van der Waals surface area contributed by atoms with E-state index in [1.807, 2.05) is 37.3 Å². The summed E-state index contributed by atoms with van der Waals surface area (Å²) in [5.41, 5.74) is 3.49. The molecule has 0 aliphatic rings. The average molecular weight is 367 g/mol. The van der Waals surface area contributed by atoms with Gasteiger partial charge in [0.15, 0.2) is 0 Å². The van der Waals surface area contributed by atoms with E-state index >= 15 is 0 Å². The highest BCUT2D eigenvalue weighted by Gasteiger charge is 2.09. The number of halogens is 1. The monoisotopic (exact) mass is 366 g/mol. The third-order valence-electron chi connectivity index (χ3n) is 3.86. The molecular formula is C20H19ClN4O. The molecule has 0 spiro atoms. The summed E-state index contributed by atoms with van der Waals surface area (Å²) in [5, 5.41) is 6.58. The number of nitrogens with zero attached hydrogens (tertiary/aromatic N) is 2. The Labute approximate surface area is 157 Å². The van der Waals surface area contributed by atoms with Crippen molar-refractivity contribution in [1.29, 1.82) is 0 Å². The van der Waals surface area contributed by atoms with Gasteiger partial charge in [-0.2, -0.15) is 0 Å². The average Bonchev–Trinajstić information content (AvgIpc) is 2.67. The third kappa shape index (κ3) is 4.80. The largest absolute Gasteiger partial charge is 0.350 e. The zero-order chi connectivity index (χ0) is 18.4. The molecule has 0 atom stereocenters. The van der Waals surface area contributed by atoms with E-state index in [0.717, 1.165) is 11.1 Å². The van der Waals surface area contributed by atoms with E-state index in [1.54, 1.807) is 18.3 Å². The van der Waals surface area contributed by atoms with E-state index in [-0.39, 0.29) is 5.91 Å². The molecule has 1 amide bonds. The number of anilines is 1. The van der Waals surface area contributed by atoms with E-state index in [0.29, 0.717) is 29.8 Å². The van der Waals surface area contributed by atoms with Crippen LogP contribution in [0.2, 0.25) is 5.02 Å². The van der Waals surface area contributed by atoms with Crippen LogP contribution < -0.4 is 10.6 Å². The van der Waals surface area contributed by atoms with Crippen LogP contribution in [-0.4, -0.2) is 15.9 Å². The number of hydrogen-bond acceptors (Lipinski definition) is 4. The summed E-state index contributed by atoms with van der Waals surface area (Å²) < 4.78 is 0. The van der Waals surface area contributed by atoms with Crippen molar-refractivity contribution in [2.75, 3.05) is 5.32 Å². The molecule has 5 nitrogen and oxygen atoms in total. The Morgan fingerprint density at radius 3 is 2.58 bits per heavy atom. The molecule has 0 fully saturated rings. The summed E-state index contributed by atoms with van der Waals surface area (Å²) in [6, 6.07) is 17.2. The second-order valence-electron chi connectivity index (χ2n) is 5.88. The second-order valence-corrected chi connectivity index (χ2v) is 6.29. The van der Waals surface area contributed by atoms with Gasteiger partial charge in [0.05, 0.1) is 0 Å². The molecule has 2 aromatic carbocycles. The van der Waals surface area contributed by atoms with Gasteiger partial charge in [-0.3, -0.25) is 4.79 Å². The smallest absolute Gasteiger partial charge is 0.270 e. The van der Waals surface area contributed by atoms with Gasteiger partial charge in [0, 0.05) is 24.3 Å². The maximum absolute atomic E-state index is 12.3. The predicted molar refractivity (Wildman–Crippen MR) is 103 cm³/mol. The summed E-state index contributed by atoms with van der Waals surface area (Å²) in [6.07, 6.45) is 1.56.